The number of rotatable bonds is 7. The Hall–Kier alpha value is 0.0700. The normalized spacial score (nSPS) is 13.2. The number of hydrogen-bond donors (Lipinski definition) is 1. The van der Waals surface area contributed by atoms with Gasteiger partial charge >= 0.3 is 0 Å². The summed E-state index contributed by atoms with van der Waals surface area (Å²) in [4.78, 5) is 0. The molecule has 0 aliphatic heterocycles. The molecule has 0 amide bonds. The molecule has 0 aromatic heterocycles. The van der Waals surface area contributed by atoms with Gasteiger partial charge in [-0.1, -0.05) is 0 Å². The zero-order valence-electron chi connectivity index (χ0n) is 8.21. The Balaban J connectivity index is 3.06. The first-order chi connectivity index (χ1) is 5.56. The Labute approximate surface area is 75.9 Å². The van der Waals surface area contributed by atoms with Crippen LogP contribution in [0.15, 0.2) is 0 Å². The van der Waals surface area contributed by atoms with E-state index in [0.717, 1.165) is 12.2 Å². The average molecular weight is 196 g/mol. The molecule has 0 atom stereocenters. The number of thiol groups is 1. The van der Waals surface area contributed by atoms with Crippen LogP contribution in [0.25, 0.3) is 0 Å². The van der Waals surface area contributed by atoms with Gasteiger partial charge < -0.3 is 9.47 Å². The molecule has 76 valence electrons. The maximum Gasteiger partial charge on any atom is 0.0700 e. The third kappa shape index (κ3) is 10.1. The first kappa shape index (κ1) is 12.1. The fourth-order valence-corrected chi connectivity index (χ4v) is 1.68. The Morgan fingerprint density at radius 1 is 1.17 bits per heavy atom. The molecule has 0 rings (SSSR count). The Morgan fingerprint density at radius 3 is 2.33 bits per heavy atom. The highest BCUT2D eigenvalue weighted by Gasteiger charge is 1.99. The summed E-state index contributed by atoms with van der Waals surface area (Å²) in [6, 6.07) is 0. The lowest BCUT2D eigenvalue weighted by atomic mass is 10.5. The number of methoxy groups -OCH3 is 1. The summed E-state index contributed by atoms with van der Waals surface area (Å²) in [6.45, 7) is 1.96. The second-order valence-corrected chi connectivity index (χ2v) is 6.85. The minimum Gasteiger partial charge on any atom is -0.382 e. The molecular formula is C8H20O3S. The van der Waals surface area contributed by atoms with E-state index in [-0.39, 0.29) is 0 Å². The average Bonchev–Trinajstić information content (AvgIpc) is 1.94. The lowest BCUT2D eigenvalue weighted by Gasteiger charge is -2.10. The molecular weight excluding hydrogens is 176 g/mol. The van der Waals surface area contributed by atoms with Crippen LogP contribution in [0.4, 0.5) is 0 Å². The minimum absolute atomic E-state index is 0.633. The van der Waals surface area contributed by atoms with Crippen molar-refractivity contribution in [1.29, 1.82) is 0 Å². The molecule has 0 unspecified atom stereocenters. The van der Waals surface area contributed by atoms with Gasteiger partial charge in [0.05, 0.1) is 13.2 Å². The summed E-state index contributed by atoms with van der Waals surface area (Å²) in [6.07, 6.45) is 4.50. The zero-order chi connectivity index (χ0) is 9.45. The van der Waals surface area contributed by atoms with Crippen LogP contribution in [-0.2, 0) is 19.4 Å². The summed E-state index contributed by atoms with van der Waals surface area (Å²) in [5.74, 6) is 0.778. The molecule has 0 saturated heterocycles. The summed E-state index contributed by atoms with van der Waals surface area (Å²) in [7, 11) is -0.184. The van der Waals surface area contributed by atoms with Crippen molar-refractivity contribution in [3.63, 3.8) is 0 Å². The highest BCUT2D eigenvalue weighted by Crippen LogP contribution is 1.96. The van der Waals surface area contributed by atoms with Crippen molar-refractivity contribution >= 4 is 9.93 Å². The van der Waals surface area contributed by atoms with E-state index in [2.05, 4.69) is 0 Å². The summed E-state index contributed by atoms with van der Waals surface area (Å²) in [5, 5.41) is 0. The van der Waals surface area contributed by atoms with E-state index in [4.69, 9.17) is 9.47 Å². The predicted octanol–water partition coefficient (Wildman–Crippen LogP) is 0.316. The van der Waals surface area contributed by atoms with E-state index in [9.17, 15) is 4.21 Å². The van der Waals surface area contributed by atoms with E-state index in [0.29, 0.717) is 19.8 Å². The molecule has 3 nitrogen and oxygen atoms in total. The second-order valence-electron chi connectivity index (χ2n) is 3.26. The lowest BCUT2D eigenvalue weighted by Crippen LogP contribution is -2.14. The van der Waals surface area contributed by atoms with Crippen molar-refractivity contribution in [2.75, 3.05) is 45.2 Å². The molecule has 0 radical (unpaired) electrons. The summed E-state index contributed by atoms with van der Waals surface area (Å²) in [5.41, 5.74) is 0. The van der Waals surface area contributed by atoms with E-state index in [1.807, 2.05) is 12.5 Å². The number of hydrogen-bond acceptors (Lipinski definition) is 3. The summed E-state index contributed by atoms with van der Waals surface area (Å²) < 4.78 is 21.3. The van der Waals surface area contributed by atoms with Crippen LogP contribution in [0.5, 0.6) is 0 Å². The third-order valence-corrected chi connectivity index (χ3v) is 2.81. The molecule has 0 aliphatic carbocycles. The van der Waals surface area contributed by atoms with Gasteiger partial charge in [0, 0.05) is 19.5 Å². The lowest BCUT2D eigenvalue weighted by molar-refractivity contribution is 0.0713. The first-order valence-electron chi connectivity index (χ1n) is 4.17. The SMILES string of the molecule is COCCOCCC[SH](C)(C)=O. The van der Waals surface area contributed by atoms with Crippen molar-refractivity contribution in [1.82, 2.24) is 0 Å². The van der Waals surface area contributed by atoms with E-state index < -0.39 is 9.93 Å². The van der Waals surface area contributed by atoms with Gasteiger partial charge in [0.15, 0.2) is 0 Å². The van der Waals surface area contributed by atoms with Gasteiger partial charge in [0.25, 0.3) is 0 Å². The first-order valence-corrected chi connectivity index (χ1v) is 6.95. The zero-order valence-corrected chi connectivity index (χ0v) is 9.10. The standard InChI is InChI=1S/C8H20O3S/c1-10-6-7-11-5-4-8-12(2,3)9/h12H,4-8H2,1-3H3. The minimum atomic E-state index is -1.83. The van der Waals surface area contributed by atoms with E-state index >= 15 is 0 Å². The quantitative estimate of drug-likeness (QED) is 0.470. The molecule has 0 aromatic carbocycles. The maximum atomic E-state index is 11.2. The van der Waals surface area contributed by atoms with Crippen molar-refractivity contribution in [2.24, 2.45) is 0 Å². The van der Waals surface area contributed by atoms with Gasteiger partial charge in [-0.25, -0.2) is 0 Å². The van der Waals surface area contributed by atoms with Crippen LogP contribution in [0.1, 0.15) is 6.42 Å². The highest BCUT2D eigenvalue weighted by atomic mass is 32.2. The second kappa shape index (κ2) is 6.57. The molecule has 0 bridgehead atoms. The Bertz CT molecular complexity index is 141. The van der Waals surface area contributed by atoms with Gasteiger partial charge in [-0.2, -0.15) is 0 Å². The maximum absolute atomic E-state index is 11.2. The monoisotopic (exact) mass is 196 g/mol. The topological polar surface area (TPSA) is 35.5 Å². The van der Waals surface area contributed by atoms with Gasteiger partial charge in [-0.15, -0.1) is 9.93 Å². The van der Waals surface area contributed by atoms with E-state index in [1.165, 1.54) is 0 Å². The van der Waals surface area contributed by atoms with Gasteiger partial charge in [-0.3, -0.25) is 4.21 Å². The van der Waals surface area contributed by atoms with Gasteiger partial charge in [0.1, 0.15) is 0 Å². The van der Waals surface area contributed by atoms with Gasteiger partial charge in [0.2, 0.25) is 0 Å². The molecule has 0 aliphatic rings. The molecule has 0 heterocycles. The largest absolute Gasteiger partial charge is 0.382 e. The fraction of sp³-hybridized carbons (Fsp3) is 1.00. The molecule has 12 heavy (non-hydrogen) atoms. The third-order valence-electron chi connectivity index (χ3n) is 1.42. The van der Waals surface area contributed by atoms with Gasteiger partial charge in [-0.05, 0) is 18.9 Å². The molecule has 0 aromatic rings. The highest BCUT2D eigenvalue weighted by molar-refractivity contribution is 8.01. The van der Waals surface area contributed by atoms with Crippen LogP contribution in [0.2, 0.25) is 0 Å². The molecule has 0 fully saturated rings. The molecule has 0 saturated carbocycles. The van der Waals surface area contributed by atoms with Crippen molar-refractivity contribution < 1.29 is 13.7 Å². The van der Waals surface area contributed by atoms with Crippen LogP contribution >= 0.6 is 0 Å². The van der Waals surface area contributed by atoms with Crippen LogP contribution in [0, 0.1) is 0 Å². The molecule has 0 N–H and O–H groups in total. The predicted molar refractivity (Wildman–Crippen MR) is 53.6 cm³/mol. The summed E-state index contributed by atoms with van der Waals surface area (Å²) >= 11 is 0. The smallest absolute Gasteiger partial charge is 0.0700 e. The molecule has 0 spiro atoms. The van der Waals surface area contributed by atoms with Crippen LogP contribution in [0.3, 0.4) is 0 Å². The fourth-order valence-electron chi connectivity index (χ4n) is 0.792. The van der Waals surface area contributed by atoms with Crippen molar-refractivity contribution in [2.45, 2.75) is 6.42 Å². The Kier molecular flexibility index (Phi) is 6.61. The molecule has 4 heteroatoms. The Morgan fingerprint density at radius 2 is 1.83 bits per heavy atom. The number of ether oxygens (including phenoxy) is 2. The van der Waals surface area contributed by atoms with Crippen LogP contribution < -0.4 is 0 Å². The van der Waals surface area contributed by atoms with Crippen molar-refractivity contribution in [3.8, 4) is 0 Å². The van der Waals surface area contributed by atoms with E-state index in [1.54, 1.807) is 7.11 Å². The van der Waals surface area contributed by atoms with Crippen LogP contribution in [-0.4, -0.2) is 49.4 Å². The van der Waals surface area contributed by atoms with Crippen molar-refractivity contribution in [3.05, 3.63) is 0 Å².